The van der Waals surface area contributed by atoms with E-state index in [2.05, 4.69) is 180 Å². The van der Waals surface area contributed by atoms with Crippen molar-refractivity contribution in [3.05, 3.63) is 199 Å². The Labute approximate surface area is 306 Å². The molecule has 0 spiro atoms. The van der Waals surface area contributed by atoms with Gasteiger partial charge in [-0.3, -0.25) is 0 Å². The topological polar surface area (TPSA) is 18.1 Å². The van der Waals surface area contributed by atoms with E-state index in [9.17, 15) is 0 Å². The predicted molar refractivity (Wildman–Crippen MR) is 219 cm³/mol. The van der Waals surface area contributed by atoms with Gasteiger partial charge in [-0.2, -0.15) is 0 Å². The van der Waals surface area contributed by atoms with Crippen LogP contribution in [0.25, 0.3) is 79.9 Å². The Morgan fingerprint density at radius 1 is 0.385 bits per heavy atom. The Kier molecular flexibility index (Phi) is 6.67. The number of benzene rings is 8. The fourth-order valence-electron chi connectivity index (χ4n) is 8.30. The van der Waals surface area contributed by atoms with Crippen LogP contribution in [0.4, 0.5) is 0 Å². The van der Waals surface area contributed by atoms with Crippen LogP contribution in [0, 0.1) is 0 Å². The van der Waals surface area contributed by atoms with Crippen LogP contribution in [-0.2, 0) is 0 Å². The summed E-state index contributed by atoms with van der Waals surface area (Å²) in [6.07, 6.45) is 0. The van der Waals surface area contributed by atoms with E-state index in [4.69, 9.17) is 4.42 Å². The quantitative estimate of drug-likeness (QED) is 0.127. The van der Waals surface area contributed by atoms with Gasteiger partial charge in [0.25, 0.3) is 0 Å². The standard InChI is InChI=1S/C49H31NOSe/c1-2-10-36(11-3-1)50-43-15-7-4-12-37(43)38-25-22-33(30-44(38)50)31-18-20-32(21-19-31)49(34-23-26-46-41(28-34)39-13-5-8-16-45(39)51-46)35-24-27-48-42(29-35)40-14-6-9-17-47(40)52-48/h1-30,49H. The van der Waals surface area contributed by atoms with Gasteiger partial charge in [0.1, 0.15) is 0 Å². The minimum Gasteiger partial charge on any atom is -0.0602 e. The van der Waals surface area contributed by atoms with Crippen molar-refractivity contribution < 1.29 is 4.42 Å². The summed E-state index contributed by atoms with van der Waals surface area (Å²) >= 11 is 0.337. The molecule has 0 bridgehead atoms. The van der Waals surface area contributed by atoms with Gasteiger partial charge in [-0.05, 0) is 18.2 Å². The molecule has 244 valence electrons. The Balaban J connectivity index is 1.07. The normalized spacial score (nSPS) is 12.5. The average molecular weight is 729 g/mol. The second-order valence-corrected chi connectivity index (χ2v) is 16.0. The Morgan fingerprint density at radius 2 is 1.00 bits per heavy atom. The summed E-state index contributed by atoms with van der Waals surface area (Å²) in [6.45, 7) is 0. The number of rotatable bonds is 5. The minimum absolute atomic E-state index is 0.0563. The van der Waals surface area contributed by atoms with Crippen LogP contribution in [-0.4, -0.2) is 19.1 Å². The zero-order valence-corrected chi connectivity index (χ0v) is 29.9. The first-order valence-electron chi connectivity index (χ1n) is 17.8. The molecule has 0 aliphatic rings. The van der Waals surface area contributed by atoms with E-state index in [0.29, 0.717) is 14.5 Å². The van der Waals surface area contributed by atoms with E-state index in [1.54, 1.807) is 0 Å². The van der Waals surface area contributed by atoms with Crippen molar-refractivity contribution in [3.8, 4) is 16.8 Å². The van der Waals surface area contributed by atoms with Crippen LogP contribution in [0.2, 0.25) is 0 Å². The van der Waals surface area contributed by atoms with Gasteiger partial charge >= 0.3 is 227 Å². The molecule has 8 aromatic carbocycles. The van der Waals surface area contributed by atoms with Crippen molar-refractivity contribution >= 4 is 77.5 Å². The number of fused-ring (bicyclic) bond motifs is 9. The monoisotopic (exact) mass is 729 g/mol. The number of para-hydroxylation sites is 3. The zero-order valence-electron chi connectivity index (χ0n) is 28.2. The van der Waals surface area contributed by atoms with E-state index in [-0.39, 0.29) is 5.92 Å². The van der Waals surface area contributed by atoms with E-state index >= 15 is 0 Å². The molecule has 0 N–H and O–H groups in total. The van der Waals surface area contributed by atoms with Crippen LogP contribution in [0.1, 0.15) is 22.6 Å². The molecular formula is C49H31NOSe. The number of hydrogen-bond donors (Lipinski definition) is 0. The second kappa shape index (κ2) is 11.7. The fraction of sp³-hybridized carbons (Fsp3) is 0.0204. The summed E-state index contributed by atoms with van der Waals surface area (Å²) in [5, 5.41) is 7.61. The van der Waals surface area contributed by atoms with Gasteiger partial charge in [0.15, 0.2) is 0 Å². The number of furan rings is 1. The summed E-state index contributed by atoms with van der Waals surface area (Å²) in [7, 11) is 0. The maximum absolute atomic E-state index is 6.25. The van der Waals surface area contributed by atoms with Crippen molar-refractivity contribution in [2.24, 2.45) is 0 Å². The summed E-state index contributed by atoms with van der Waals surface area (Å²) in [4.78, 5) is 0. The molecule has 11 rings (SSSR count). The predicted octanol–water partition coefficient (Wildman–Crippen LogP) is 12.9. The fourth-order valence-corrected chi connectivity index (χ4v) is 10.6. The number of aromatic nitrogens is 1. The van der Waals surface area contributed by atoms with Gasteiger partial charge in [0.05, 0.1) is 5.52 Å². The summed E-state index contributed by atoms with van der Waals surface area (Å²) in [6, 6.07) is 66.8. The Morgan fingerprint density at radius 3 is 1.87 bits per heavy atom. The molecular weight excluding hydrogens is 698 g/mol. The summed E-state index contributed by atoms with van der Waals surface area (Å²) in [5.41, 5.74) is 11.7. The van der Waals surface area contributed by atoms with Crippen molar-refractivity contribution in [2.75, 3.05) is 0 Å². The molecule has 0 fully saturated rings. The smallest absolute Gasteiger partial charge is 0.0602 e. The van der Waals surface area contributed by atoms with Crippen molar-refractivity contribution in [1.82, 2.24) is 4.57 Å². The van der Waals surface area contributed by atoms with E-state index in [1.807, 2.05) is 6.07 Å². The van der Waals surface area contributed by atoms with Crippen LogP contribution in [0.5, 0.6) is 0 Å². The first kappa shape index (κ1) is 29.6. The molecule has 3 heterocycles. The van der Waals surface area contributed by atoms with Crippen LogP contribution < -0.4 is 0 Å². The van der Waals surface area contributed by atoms with Crippen molar-refractivity contribution in [1.29, 1.82) is 0 Å². The Bertz CT molecular complexity index is 3010. The molecule has 0 aliphatic heterocycles. The average Bonchev–Trinajstić information content (AvgIpc) is 3.87. The van der Waals surface area contributed by atoms with Crippen molar-refractivity contribution in [2.45, 2.75) is 5.92 Å². The van der Waals surface area contributed by atoms with Crippen molar-refractivity contribution in [3.63, 3.8) is 0 Å². The Hall–Kier alpha value is -6.12. The SMILES string of the molecule is c1ccc(-n2c3ccccc3c3ccc(-c4ccc(C(c5ccc6oc7ccccc7c6c5)c5ccc6[se]c7ccccc7c6c5)cc4)cc32)cc1. The molecule has 0 saturated carbocycles. The third-order valence-electron chi connectivity index (χ3n) is 10.7. The van der Waals surface area contributed by atoms with Gasteiger partial charge in [0, 0.05) is 16.5 Å². The van der Waals surface area contributed by atoms with E-state index < -0.39 is 0 Å². The number of hydrogen-bond acceptors (Lipinski definition) is 1. The molecule has 1 atom stereocenters. The van der Waals surface area contributed by atoms with Gasteiger partial charge in [-0.1, -0.05) is 36.4 Å². The minimum atomic E-state index is 0.0563. The molecule has 0 radical (unpaired) electrons. The molecule has 3 aromatic heterocycles. The first-order chi connectivity index (χ1) is 25.8. The summed E-state index contributed by atoms with van der Waals surface area (Å²) in [5.74, 6) is 0.0563. The third kappa shape index (κ3) is 4.64. The van der Waals surface area contributed by atoms with Crippen LogP contribution in [0.15, 0.2) is 186 Å². The van der Waals surface area contributed by atoms with Crippen LogP contribution in [0.3, 0.4) is 0 Å². The van der Waals surface area contributed by atoms with Gasteiger partial charge in [0.2, 0.25) is 0 Å². The molecule has 0 saturated heterocycles. The van der Waals surface area contributed by atoms with Gasteiger partial charge in [-0.25, -0.2) is 0 Å². The van der Waals surface area contributed by atoms with E-state index in [1.165, 1.54) is 74.6 Å². The zero-order chi connectivity index (χ0) is 34.2. The molecule has 0 aliphatic carbocycles. The molecule has 2 nitrogen and oxygen atoms in total. The maximum atomic E-state index is 6.25. The molecule has 3 heteroatoms. The van der Waals surface area contributed by atoms with Crippen LogP contribution >= 0.6 is 0 Å². The first-order valence-corrected chi connectivity index (χ1v) is 19.5. The summed E-state index contributed by atoms with van der Waals surface area (Å²) < 4.78 is 11.6. The van der Waals surface area contributed by atoms with E-state index in [0.717, 1.165) is 21.9 Å². The molecule has 1 unspecified atom stereocenters. The number of nitrogens with zero attached hydrogens (tertiary/aromatic N) is 1. The van der Waals surface area contributed by atoms with Gasteiger partial charge in [-0.15, -0.1) is 0 Å². The second-order valence-electron chi connectivity index (χ2n) is 13.7. The molecule has 11 aromatic rings. The van der Waals surface area contributed by atoms with Gasteiger partial charge < -0.3 is 4.57 Å². The molecule has 52 heavy (non-hydrogen) atoms. The third-order valence-corrected chi connectivity index (χ3v) is 13.2. The molecule has 0 amide bonds.